The maximum atomic E-state index is 12.4. The Balaban J connectivity index is 1.66. The van der Waals surface area contributed by atoms with Gasteiger partial charge in [-0.1, -0.05) is 54.6 Å². The van der Waals surface area contributed by atoms with Crippen molar-refractivity contribution in [1.29, 1.82) is 0 Å². The lowest BCUT2D eigenvalue weighted by atomic mass is 9.94. The fourth-order valence-electron chi connectivity index (χ4n) is 5.00. The SMILES string of the molecule is CCOC(=O)Cc1ccccc1OCc1c(C(=O)O)oc2c(-c3cccc(CN)c3)cc(-c3cccc(CN)c3)cc12. The Bertz CT molecular complexity index is 1760. The summed E-state index contributed by atoms with van der Waals surface area (Å²) < 4.78 is 17.3. The number of hydrogen-bond acceptors (Lipinski definition) is 7. The van der Waals surface area contributed by atoms with Crippen LogP contribution in [0.3, 0.4) is 0 Å². The Hall–Kier alpha value is -4.92. The van der Waals surface area contributed by atoms with E-state index in [1.54, 1.807) is 31.2 Å². The first kappa shape index (κ1) is 28.6. The molecule has 0 radical (unpaired) electrons. The third-order valence-electron chi connectivity index (χ3n) is 7.04. The van der Waals surface area contributed by atoms with Gasteiger partial charge in [0.2, 0.25) is 5.76 Å². The van der Waals surface area contributed by atoms with E-state index in [0.29, 0.717) is 40.9 Å². The number of furan rings is 1. The highest BCUT2D eigenvalue weighted by molar-refractivity contribution is 6.03. The smallest absolute Gasteiger partial charge is 0.372 e. The second-order valence-corrected chi connectivity index (χ2v) is 9.80. The molecule has 0 fully saturated rings. The average molecular weight is 565 g/mol. The van der Waals surface area contributed by atoms with Crippen LogP contribution in [0.5, 0.6) is 5.75 Å². The molecule has 0 aliphatic heterocycles. The van der Waals surface area contributed by atoms with Gasteiger partial charge in [0.25, 0.3) is 0 Å². The van der Waals surface area contributed by atoms with E-state index in [2.05, 4.69) is 0 Å². The molecule has 214 valence electrons. The summed E-state index contributed by atoms with van der Waals surface area (Å²) in [5, 5.41) is 10.8. The first-order valence-electron chi connectivity index (χ1n) is 13.7. The molecule has 0 saturated carbocycles. The predicted octanol–water partition coefficient (Wildman–Crippen LogP) is 6.07. The summed E-state index contributed by atoms with van der Waals surface area (Å²) in [6.45, 7) is 2.68. The molecule has 5 rings (SSSR count). The molecule has 0 saturated heterocycles. The third kappa shape index (κ3) is 6.05. The lowest BCUT2D eigenvalue weighted by Crippen LogP contribution is -2.09. The number of fused-ring (bicyclic) bond motifs is 1. The number of aromatic carboxylic acids is 1. The monoisotopic (exact) mass is 564 g/mol. The molecule has 8 heteroatoms. The Morgan fingerprint density at radius 1 is 0.833 bits per heavy atom. The summed E-state index contributed by atoms with van der Waals surface area (Å²) in [7, 11) is 0. The largest absolute Gasteiger partial charge is 0.488 e. The normalized spacial score (nSPS) is 11.0. The predicted molar refractivity (Wildman–Crippen MR) is 161 cm³/mol. The standard InChI is InChI=1S/C34H32N2O6/c1-2-40-31(37)17-25-9-3-4-12-30(25)41-20-29-28-16-26(23-10-5-7-21(13-23)18-35)15-27(32(28)42-33(29)34(38)39)24-11-6-8-22(14-24)19-36/h3-16H,2,17-20,35-36H2,1H3,(H,38,39). The number of carbonyl (C=O) groups is 2. The van der Waals surface area contributed by atoms with Gasteiger partial charge in [-0.2, -0.15) is 0 Å². The Labute approximate surface area is 243 Å². The van der Waals surface area contributed by atoms with Crippen molar-refractivity contribution in [3.63, 3.8) is 0 Å². The van der Waals surface area contributed by atoms with Crippen LogP contribution in [-0.4, -0.2) is 23.7 Å². The maximum absolute atomic E-state index is 12.4. The number of carboxylic acid groups (broad SMARTS) is 1. The zero-order valence-corrected chi connectivity index (χ0v) is 23.3. The molecule has 5 N–H and O–H groups in total. The lowest BCUT2D eigenvalue weighted by Gasteiger charge is -2.12. The zero-order valence-electron chi connectivity index (χ0n) is 23.3. The number of hydrogen-bond donors (Lipinski definition) is 3. The van der Waals surface area contributed by atoms with Crippen LogP contribution in [0.15, 0.2) is 89.3 Å². The molecule has 1 aromatic heterocycles. The van der Waals surface area contributed by atoms with Crippen molar-refractivity contribution in [3.8, 4) is 28.0 Å². The molecule has 0 aliphatic carbocycles. The van der Waals surface area contributed by atoms with Crippen LogP contribution < -0.4 is 16.2 Å². The molecular weight excluding hydrogens is 532 g/mol. The number of nitrogens with two attached hydrogens (primary N) is 2. The summed E-state index contributed by atoms with van der Waals surface area (Å²) >= 11 is 0. The van der Waals surface area contributed by atoms with Gasteiger partial charge >= 0.3 is 11.9 Å². The quantitative estimate of drug-likeness (QED) is 0.164. The van der Waals surface area contributed by atoms with Gasteiger partial charge in [-0.15, -0.1) is 0 Å². The van der Waals surface area contributed by atoms with E-state index in [9.17, 15) is 14.7 Å². The van der Waals surface area contributed by atoms with Crippen LogP contribution in [0.2, 0.25) is 0 Å². The second kappa shape index (κ2) is 12.7. The van der Waals surface area contributed by atoms with Gasteiger partial charge in [0.15, 0.2) is 0 Å². The molecule has 0 atom stereocenters. The zero-order chi connectivity index (χ0) is 29.6. The molecule has 0 bridgehead atoms. The molecular formula is C34H32N2O6. The fraction of sp³-hybridized carbons (Fsp3) is 0.176. The van der Waals surface area contributed by atoms with Gasteiger partial charge in [0.05, 0.1) is 18.6 Å². The van der Waals surface area contributed by atoms with Crippen LogP contribution in [0.4, 0.5) is 0 Å². The highest BCUT2D eigenvalue weighted by Crippen LogP contribution is 2.39. The fourth-order valence-corrected chi connectivity index (χ4v) is 5.00. The van der Waals surface area contributed by atoms with E-state index < -0.39 is 5.97 Å². The van der Waals surface area contributed by atoms with E-state index in [0.717, 1.165) is 33.4 Å². The summed E-state index contributed by atoms with van der Waals surface area (Å²) in [4.78, 5) is 24.6. The second-order valence-electron chi connectivity index (χ2n) is 9.80. The minimum absolute atomic E-state index is 0.0329. The van der Waals surface area contributed by atoms with Gasteiger partial charge in [0, 0.05) is 29.6 Å². The number of carboxylic acids is 1. The number of rotatable bonds is 11. The highest BCUT2D eigenvalue weighted by Gasteiger charge is 2.24. The number of para-hydroxylation sites is 1. The average Bonchev–Trinajstić information content (AvgIpc) is 3.39. The van der Waals surface area contributed by atoms with Crippen molar-refractivity contribution < 1.29 is 28.6 Å². The molecule has 4 aromatic carbocycles. The molecule has 1 heterocycles. The van der Waals surface area contributed by atoms with Crippen molar-refractivity contribution >= 4 is 22.9 Å². The van der Waals surface area contributed by atoms with E-state index in [-0.39, 0.29) is 31.4 Å². The topological polar surface area (TPSA) is 138 Å². The molecule has 8 nitrogen and oxygen atoms in total. The van der Waals surface area contributed by atoms with Gasteiger partial charge in [0.1, 0.15) is 17.9 Å². The van der Waals surface area contributed by atoms with Gasteiger partial charge < -0.3 is 30.5 Å². The molecule has 5 aromatic rings. The van der Waals surface area contributed by atoms with Gasteiger partial charge in [-0.05, 0) is 65.1 Å². The van der Waals surface area contributed by atoms with Crippen LogP contribution in [-0.2, 0) is 35.6 Å². The summed E-state index contributed by atoms with van der Waals surface area (Å²) in [6, 6.07) is 26.7. The molecule has 0 spiro atoms. The summed E-state index contributed by atoms with van der Waals surface area (Å²) in [5.74, 6) is -1.34. The van der Waals surface area contributed by atoms with Crippen molar-refractivity contribution in [1.82, 2.24) is 0 Å². The Kier molecular flexibility index (Phi) is 8.66. The molecule has 0 amide bonds. The van der Waals surface area contributed by atoms with Crippen molar-refractivity contribution in [2.24, 2.45) is 11.5 Å². The van der Waals surface area contributed by atoms with Crippen LogP contribution >= 0.6 is 0 Å². The minimum Gasteiger partial charge on any atom is -0.488 e. The molecule has 0 aliphatic rings. The number of benzene rings is 4. The summed E-state index contributed by atoms with van der Waals surface area (Å²) in [6.07, 6.45) is 0.0329. The summed E-state index contributed by atoms with van der Waals surface area (Å²) in [5.41, 5.74) is 18.6. The number of ether oxygens (including phenoxy) is 2. The Morgan fingerprint density at radius 2 is 1.52 bits per heavy atom. The first-order chi connectivity index (χ1) is 20.4. The maximum Gasteiger partial charge on any atom is 0.372 e. The van der Waals surface area contributed by atoms with Crippen LogP contribution in [0.25, 0.3) is 33.2 Å². The minimum atomic E-state index is -1.21. The van der Waals surface area contributed by atoms with Crippen LogP contribution in [0, 0.1) is 0 Å². The van der Waals surface area contributed by atoms with Crippen molar-refractivity contribution in [3.05, 3.63) is 113 Å². The Morgan fingerprint density at radius 3 is 2.21 bits per heavy atom. The van der Waals surface area contributed by atoms with Crippen molar-refractivity contribution in [2.45, 2.75) is 33.0 Å². The number of esters is 1. The third-order valence-corrected chi connectivity index (χ3v) is 7.04. The van der Waals surface area contributed by atoms with E-state index >= 15 is 0 Å². The molecule has 42 heavy (non-hydrogen) atoms. The lowest BCUT2D eigenvalue weighted by molar-refractivity contribution is -0.142. The van der Waals surface area contributed by atoms with E-state index in [1.807, 2.05) is 60.7 Å². The van der Waals surface area contributed by atoms with E-state index in [1.165, 1.54) is 0 Å². The first-order valence-corrected chi connectivity index (χ1v) is 13.7. The highest BCUT2D eigenvalue weighted by atomic mass is 16.5. The van der Waals surface area contributed by atoms with Crippen molar-refractivity contribution in [2.75, 3.05) is 6.61 Å². The number of carbonyl (C=O) groups excluding carboxylic acids is 1. The van der Waals surface area contributed by atoms with E-state index in [4.69, 9.17) is 25.4 Å². The van der Waals surface area contributed by atoms with Gasteiger partial charge in [-0.25, -0.2) is 4.79 Å². The molecule has 0 unspecified atom stereocenters. The van der Waals surface area contributed by atoms with Gasteiger partial charge in [-0.3, -0.25) is 4.79 Å². The van der Waals surface area contributed by atoms with Crippen LogP contribution in [0.1, 0.15) is 39.7 Å².